The Bertz CT molecular complexity index is 541. The molecule has 0 saturated heterocycles. The van der Waals surface area contributed by atoms with E-state index >= 15 is 0 Å². The number of hydrogen-bond donors (Lipinski definition) is 1. The summed E-state index contributed by atoms with van der Waals surface area (Å²) >= 11 is 3.09. The van der Waals surface area contributed by atoms with Crippen molar-refractivity contribution in [2.24, 2.45) is 0 Å². The molecule has 0 bridgehead atoms. The summed E-state index contributed by atoms with van der Waals surface area (Å²) in [6.07, 6.45) is 2.50. The third-order valence-corrected chi connectivity index (χ3v) is 4.56. The topological polar surface area (TPSA) is 54.9 Å². The number of aromatic nitrogens is 2. The minimum atomic E-state index is -0.142. The third kappa shape index (κ3) is 3.00. The van der Waals surface area contributed by atoms with Gasteiger partial charge in [-0.15, -0.1) is 11.3 Å². The summed E-state index contributed by atoms with van der Waals surface area (Å²) in [6, 6.07) is 1.97. The molecule has 6 heteroatoms. The van der Waals surface area contributed by atoms with Crippen molar-refractivity contribution in [2.45, 2.75) is 30.5 Å². The van der Waals surface area contributed by atoms with Crippen LogP contribution < -0.4 is 5.32 Å². The largest absolute Gasteiger partial charge is 0.355 e. The fourth-order valence-electron chi connectivity index (χ4n) is 1.46. The number of amides is 1. The molecule has 96 valence electrons. The molecule has 2 aromatic heterocycles. The van der Waals surface area contributed by atoms with Gasteiger partial charge in [0.05, 0.1) is 15.5 Å². The van der Waals surface area contributed by atoms with Gasteiger partial charge >= 0.3 is 0 Å². The second-order valence-corrected chi connectivity index (χ2v) is 6.11. The van der Waals surface area contributed by atoms with Gasteiger partial charge in [0.25, 0.3) is 0 Å². The predicted molar refractivity (Wildman–Crippen MR) is 76.0 cm³/mol. The normalized spacial score (nSPS) is 12.6. The van der Waals surface area contributed by atoms with Gasteiger partial charge in [-0.25, -0.2) is 9.97 Å². The molecule has 1 N–H and O–H groups in total. The molecule has 0 fully saturated rings. The fraction of sp³-hybridized carbons (Fsp3) is 0.417. The van der Waals surface area contributed by atoms with Crippen LogP contribution in [0, 0.1) is 0 Å². The lowest BCUT2D eigenvalue weighted by Crippen LogP contribution is -2.31. The number of rotatable bonds is 5. The predicted octanol–water partition coefficient (Wildman–Crippen LogP) is 2.70. The zero-order valence-corrected chi connectivity index (χ0v) is 12.0. The van der Waals surface area contributed by atoms with Gasteiger partial charge in [0, 0.05) is 6.54 Å². The fourth-order valence-corrected chi connectivity index (χ4v) is 3.32. The van der Waals surface area contributed by atoms with Crippen molar-refractivity contribution in [2.75, 3.05) is 6.54 Å². The van der Waals surface area contributed by atoms with E-state index in [1.54, 1.807) is 17.7 Å². The van der Waals surface area contributed by atoms with Gasteiger partial charge in [0.2, 0.25) is 5.91 Å². The third-order valence-electron chi connectivity index (χ3n) is 2.42. The van der Waals surface area contributed by atoms with Gasteiger partial charge in [-0.3, -0.25) is 4.79 Å². The molecule has 4 nitrogen and oxygen atoms in total. The number of thioether (sulfide) groups is 1. The zero-order chi connectivity index (χ0) is 13.0. The summed E-state index contributed by atoms with van der Waals surface area (Å²) in [5.74, 6) is 0.0603. The number of nitrogens with one attached hydrogen (secondary N) is 1. The molecule has 0 aliphatic rings. The molecular formula is C12H15N3OS2. The van der Waals surface area contributed by atoms with Crippen LogP contribution in [0.2, 0.25) is 0 Å². The second-order valence-electron chi connectivity index (χ2n) is 3.86. The molecule has 0 spiro atoms. The number of carbonyl (C=O) groups excluding carboxylic acids is 1. The van der Waals surface area contributed by atoms with Gasteiger partial charge in [-0.2, -0.15) is 0 Å². The van der Waals surface area contributed by atoms with Crippen LogP contribution in [-0.2, 0) is 4.79 Å². The summed E-state index contributed by atoms with van der Waals surface area (Å²) in [7, 11) is 0. The monoisotopic (exact) mass is 281 g/mol. The molecule has 2 rings (SSSR count). The average Bonchev–Trinajstić information content (AvgIpc) is 2.85. The molecule has 0 radical (unpaired) electrons. The Labute approximate surface area is 114 Å². The van der Waals surface area contributed by atoms with Crippen LogP contribution in [0.1, 0.15) is 20.3 Å². The van der Waals surface area contributed by atoms with Crippen molar-refractivity contribution in [3.63, 3.8) is 0 Å². The molecule has 0 saturated carbocycles. The van der Waals surface area contributed by atoms with Crippen LogP contribution in [-0.4, -0.2) is 27.7 Å². The van der Waals surface area contributed by atoms with Crippen LogP contribution in [0.4, 0.5) is 0 Å². The van der Waals surface area contributed by atoms with E-state index in [0.29, 0.717) is 0 Å². The number of nitrogens with zero attached hydrogens (tertiary/aromatic N) is 2. The summed E-state index contributed by atoms with van der Waals surface area (Å²) in [6.45, 7) is 4.66. The minimum Gasteiger partial charge on any atom is -0.355 e. The maximum absolute atomic E-state index is 11.8. The lowest BCUT2D eigenvalue weighted by atomic mass is 10.4. The Kier molecular flexibility index (Phi) is 4.54. The van der Waals surface area contributed by atoms with E-state index < -0.39 is 0 Å². The van der Waals surface area contributed by atoms with Gasteiger partial charge in [-0.1, -0.05) is 18.7 Å². The molecule has 18 heavy (non-hydrogen) atoms. The van der Waals surface area contributed by atoms with Crippen molar-refractivity contribution in [3.05, 3.63) is 17.8 Å². The van der Waals surface area contributed by atoms with E-state index in [4.69, 9.17) is 0 Å². The number of thiophene rings is 1. The van der Waals surface area contributed by atoms with E-state index in [0.717, 1.165) is 28.2 Å². The van der Waals surface area contributed by atoms with Gasteiger partial charge < -0.3 is 5.32 Å². The van der Waals surface area contributed by atoms with Gasteiger partial charge in [0.1, 0.15) is 11.4 Å². The molecule has 0 aliphatic heterocycles. The van der Waals surface area contributed by atoms with Crippen molar-refractivity contribution >= 4 is 39.2 Å². The highest BCUT2D eigenvalue weighted by molar-refractivity contribution is 8.00. The van der Waals surface area contributed by atoms with Gasteiger partial charge in [0.15, 0.2) is 0 Å². The first-order valence-electron chi connectivity index (χ1n) is 5.85. The molecule has 2 aromatic rings. The maximum atomic E-state index is 11.8. The number of fused-ring (bicyclic) bond motifs is 1. The quantitative estimate of drug-likeness (QED) is 0.676. The molecule has 0 aliphatic carbocycles. The Morgan fingerprint density at radius 1 is 1.56 bits per heavy atom. The van der Waals surface area contributed by atoms with Crippen molar-refractivity contribution in [1.29, 1.82) is 0 Å². The van der Waals surface area contributed by atoms with E-state index in [2.05, 4.69) is 15.3 Å². The zero-order valence-electron chi connectivity index (χ0n) is 10.3. The van der Waals surface area contributed by atoms with Crippen LogP contribution in [0.25, 0.3) is 10.2 Å². The van der Waals surface area contributed by atoms with Crippen LogP contribution in [0.5, 0.6) is 0 Å². The van der Waals surface area contributed by atoms with Gasteiger partial charge in [-0.05, 0) is 24.8 Å². The highest BCUT2D eigenvalue weighted by atomic mass is 32.2. The lowest BCUT2D eigenvalue weighted by Gasteiger charge is -2.10. The molecule has 0 unspecified atom stereocenters. The van der Waals surface area contributed by atoms with E-state index in [1.165, 1.54) is 11.8 Å². The van der Waals surface area contributed by atoms with E-state index in [1.807, 2.05) is 25.3 Å². The number of carbonyl (C=O) groups is 1. The first kappa shape index (κ1) is 13.3. The average molecular weight is 281 g/mol. The first-order valence-corrected chi connectivity index (χ1v) is 7.61. The molecule has 1 atom stereocenters. The number of hydrogen-bond acceptors (Lipinski definition) is 5. The highest BCUT2D eigenvalue weighted by Gasteiger charge is 2.16. The van der Waals surface area contributed by atoms with Crippen LogP contribution in [0.15, 0.2) is 22.8 Å². The molecule has 1 amide bonds. The lowest BCUT2D eigenvalue weighted by molar-refractivity contribution is -0.120. The Hall–Kier alpha value is -1.14. The van der Waals surface area contributed by atoms with E-state index in [-0.39, 0.29) is 11.2 Å². The summed E-state index contributed by atoms with van der Waals surface area (Å²) in [4.78, 5) is 20.3. The maximum Gasteiger partial charge on any atom is 0.233 e. The summed E-state index contributed by atoms with van der Waals surface area (Å²) in [5.41, 5.74) is 0.943. The first-order chi connectivity index (χ1) is 8.72. The summed E-state index contributed by atoms with van der Waals surface area (Å²) < 4.78 is 1.05. The van der Waals surface area contributed by atoms with Crippen molar-refractivity contribution in [1.82, 2.24) is 15.3 Å². The Morgan fingerprint density at radius 2 is 2.39 bits per heavy atom. The SMILES string of the molecule is CCCNC(=O)[C@@H](C)Sc1ncnc2ccsc12. The summed E-state index contributed by atoms with van der Waals surface area (Å²) in [5, 5.41) is 5.63. The van der Waals surface area contributed by atoms with Crippen LogP contribution >= 0.6 is 23.1 Å². The second kappa shape index (κ2) is 6.15. The molecular weight excluding hydrogens is 266 g/mol. The van der Waals surface area contributed by atoms with Crippen molar-refractivity contribution < 1.29 is 4.79 Å². The van der Waals surface area contributed by atoms with E-state index in [9.17, 15) is 4.79 Å². The van der Waals surface area contributed by atoms with Crippen LogP contribution in [0.3, 0.4) is 0 Å². The molecule has 0 aromatic carbocycles. The standard InChI is InChI=1S/C12H15N3OS2/c1-3-5-13-11(16)8(2)18-12-10-9(4-6-17-10)14-7-15-12/h4,6-8H,3,5H2,1-2H3,(H,13,16)/t8-/m1/s1. The Balaban J connectivity index is 2.09. The Morgan fingerprint density at radius 3 is 3.17 bits per heavy atom. The van der Waals surface area contributed by atoms with Crippen molar-refractivity contribution in [3.8, 4) is 0 Å². The molecule has 2 heterocycles. The smallest absolute Gasteiger partial charge is 0.233 e. The minimum absolute atomic E-state index is 0.0603. The highest BCUT2D eigenvalue weighted by Crippen LogP contribution is 2.31.